The minimum absolute atomic E-state index is 0. The fourth-order valence-electron chi connectivity index (χ4n) is 2.33. The molecule has 2 N–H and O–H groups in total. The van der Waals surface area contributed by atoms with Gasteiger partial charge in [0.05, 0.1) is 4.92 Å². The Bertz CT molecular complexity index is 459. The second-order valence-corrected chi connectivity index (χ2v) is 4.67. The first kappa shape index (κ1) is 15.8. The monoisotopic (exact) mass is 289 g/mol. The molecular formula is C12H17ClFN3O2. The lowest BCUT2D eigenvalue weighted by Crippen LogP contribution is -2.42. The number of piperidine rings is 1. The molecule has 1 heterocycles. The average Bonchev–Trinajstić information content (AvgIpc) is 2.28. The number of likely N-dealkylation sites (tertiary alicyclic amines) is 1. The molecule has 0 aliphatic carbocycles. The topological polar surface area (TPSA) is 72.4 Å². The molecule has 0 spiro atoms. The van der Waals surface area contributed by atoms with Crippen LogP contribution >= 0.6 is 12.4 Å². The molecule has 106 valence electrons. The third kappa shape index (κ3) is 4.12. The Morgan fingerprint density at radius 2 is 2.26 bits per heavy atom. The highest BCUT2D eigenvalue weighted by Gasteiger charge is 2.21. The van der Waals surface area contributed by atoms with Crippen LogP contribution < -0.4 is 5.73 Å². The van der Waals surface area contributed by atoms with E-state index in [1.807, 2.05) is 4.90 Å². The van der Waals surface area contributed by atoms with Crippen molar-refractivity contribution in [2.24, 2.45) is 5.73 Å². The summed E-state index contributed by atoms with van der Waals surface area (Å²) in [5.74, 6) is -0.447. The first-order valence-corrected chi connectivity index (χ1v) is 5.97. The fourth-order valence-corrected chi connectivity index (χ4v) is 2.33. The van der Waals surface area contributed by atoms with Crippen molar-refractivity contribution in [1.29, 1.82) is 0 Å². The van der Waals surface area contributed by atoms with Gasteiger partial charge in [0.25, 0.3) is 5.69 Å². The summed E-state index contributed by atoms with van der Waals surface area (Å²) in [6.45, 7) is 1.93. The molecule has 0 radical (unpaired) electrons. The van der Waals surface area contributed by atoms with Crippen molar-refractivity contribution in [2.75, 3.05) is 13.1 Å². The number of nitro benzene ring substituents is 1. The van der Waals surface area contributed by atoms with Crippen molar-refractivity contribution < 1.29 is 9.31 Å². The van der Waals surface area contributed by atoms with E-state index in [-0.39, 0.29) is 24.1 Å². The van der Waals surface area contributed by atoms with E-state index in [1.165, 1.54) is 12.1 Å². The van der Waals surface area contributed by atoms with Crippen molar-refractivity contribution in [3.63, 3.8) is 0 Å². The number of halogens is 2. The maximum Gasteiger partial charge on any atom is 0.274 e. The lowest BCUT2D eigenvalue weighted by molar-refractivity contribution is -0.385. The van der Waals surface area contributed by atoms with E-state index in [0.717, 1.165) is 25.5 Å². The van der Waals surface area contributed by atoms with Crippen LogP contribution in [0, 0.1) is 15.9 Å². The largest absolute Gasteiger partial charge is 0.327 e. The number of benzene rings is 1. The highest BCUT2D eigenvalue weighted by atomic mass is 35.5. The molecule has 1 aromatic rings. The molecule has 1 atom stereocenters. The molecule has 0 saturated carbocycles. The van der Waals surface area contributed by atoms with Crippen LogP contribution in [0.25, 0.3) is 0 Å². The van der Waals surface area contributed by atoms with Crippen molar-refractivity contribution in [3.05, 3.63) is 39.7 Å². The van der Waals surface area contributed by atoms with Crippen molar-refractivity contribution in [3.8, 4) is 0 Å². The van der Waals surface area contributed by atoms with Gasteiger partial charge in [-0.15, -0.1) is 12.4 Å². The van der Waals surface area contributed by atoms with Crippen molar-refractivity contribution in [2.45, 2.75) is 25.4 Å². The molecular weight excluding hydrogens is 273 g/mol. The van der Waals surface area contributed by atoms with Gasteiger partial charge in [0, 0.05) is 30.8 Å². The average molecular weight is 290 g/mol. The highest BCUT2D eigenvalue weighted by molar-refractivity contribution is 5.85. The Labute approximate surface area is 117 Å². The van der Waals surface area contributed by atoms with Crippen LogP contribution in [0.5, 0.6) is 0 Å². The molecule has 0 amide bonds. The van der Waals surface area contributed by atoms with Gasteiger partial charge in [0.15, 0.2) is 0 Å². The quantitative estimate of drug-likeness (QED) is 0.683. The molecule has 1 aromatic carbocycles. The zero-order chi connectivity index (χ0) is 13.1. The number of nitrogens with zero attached hydrogens (tertiary/aromatic N) is 2. The van der Waals surface area contributed by atoms with Crippen LogP contribution in [-0.4, -0.2) is 29.0 Å². The maximum atomic E-state index is 13.2. The van der Waals surface area contributed by atoms with E-state index in [1.54, 1.807) is 0 Å². The summed E-state index contributed by atoms with van der Waals surface area (Å²) < 4.78 is 13.2. The summed E-state index contributed by atoms with van der Waals surface area (Å²) in [4.78, 5) is 12.4. The summed E-state index contributed by atoms with van der Waals surface area (Å²) in [6.07, 6.45) is 1.95. The number of nitro groups is 1. The minimum atomic E-state index is -0.474. The molecule has 1 fully saturated rings. The first-order valence-electron chi connectivity index (χ1n) is 5.97. The van der Waals surface area contributed by atoms with E-state index in [2.05, 4.69) is 0 Å². The summed E-state index contributed by atoms with van der Waals surface area (Å²) in [5.41, 5.74) is 6.24. The van der Waals surface area contributed by atoms with Gasteiger partial charge in [-0.25, -0.2) is 4.39 Å². The molecule has 0 aromatic heterocycles. The molecule has 0 bridgehead atoms. The van der Waals surface area contributed by atoms with Gasteiger partial charge in [-0.05, 0) is 31.5 Å². The zero-order valence-electron chi connectivity index (χ0n) is 10.4. The third-order valence-electron chi connectivity index (χ3n) is 3.17. The first-order chi connectivity index (χ1) is 8.56. The van der Waals surface area contributed by atoms with Gasteiger partial charge in [-0.1, -0.05) is 0 Å². The second kappa shape index (κ2) is 6.79. The summed E-state index contributed by atoms with van der Waals surface area (Å²) in [6, 6.07) is 3.67. The van der Waals surface area contributed by atoms with Gasteiger partial charge >= 0.3 is 0 Å². The fraction of sp³-hybridized carbons (Fsp3) is 0.500. The van der Waals surface area contributed by atoms with Crippen molar-refractivity contribution in [1.82, 2.24) is 4.90 Å². The van der Waals surface area contributed by atoms with Crippen molar-refractivity contribution >= 4 is 18.1 Å². The Balaban J connectivity index is 0.00000180. The second-order valence-electron chi connectivity index (χ2n) is 4.67. The van der Waals surface area contributed by atoms with Crippen LogP contribution in [0.2, 0.25) is 0 Å². The predicted octanol–water partition coefficient (Wildman–Crippen LogP) is 2.08. The Kier molecular flexibility index (Phi) is 5.65. The van der Waals surface area contributed by atoms with Gasteiger partial charge in [-0.2, -0.15) is 0 Å². The summed E-state index contributed by atoms with van der Waals surface area (Å²) >= 11 is 0. The Hall–Kier alpha value is -1.24. The van der Waals surface area contributed by atoms with Gasteiger partial charge in [0.1, 0.15) is 5.82 Å². The minimum Gasteiger partial charge on any atom is -0.327 e. The molecule has 2 rings (SSSR count). The van der Waals surface area contributed by atoms with Gasteiger partial charge in [0.2, 0.25) is 0 Å². The summed E-state index contributed by atoms with van der Waals surface area (Å²) in [7, 11) is 0. The molecule has 1 unspecified atom stereocenters. The van der Waals surface area contributed by atoms with Gasteiger partial charge < -0.3 is 5.73 Å². The lowest BCUT2D eigenvalue weighted by Gasteiger charge is -2.30. The third-order valence-corrected chi connectivity index (χ3v) is 3.17. The SMILES string of the molecule is Cl.NC1CCCN(Cc2cc(F)ccc2[N+](=O)[O-])C1. The van der Waals surface area contributed by atoms with Gasteiger partial charge in [-0.3, -0.25) is 15.0 Å². The standard InChI is InChI=1S/C12H16FN3O2.ClH/c13-10-3-4-12(16(17)18)9(6-10)7-15-5-1-2-11(14)8-15;/h3-4,6,11H,1-2,5,7-8,14H2;1H. The van der Waals surface area contributed by atoms with E-state index in [9.17, 15) is 14.5 Å². The predicted molar refractivity (Wildman–Crippen MR) is 72.8 cm³/mol. The zero-order valence-corrected chi connectivity index (χ0v) is 11.2. The number of rotatable bonds is 3. The smallest absolute Gasteiger partial charge is 0.274 e. The van der Waals surface area contributed by atoms with E-state index in [4.69, 9.17) is 5.73 Å². The Morgan fingerprint density at radius 3 is 2.89 bits per heavy atom. The van der Waals surface area contributed by atoms with E-state index < -0.39 is 10.7 Å². The number of hydrogen-bond donors (Lipinski definition) is 1. The van der Waals surface area contributed by atoms with Crippen LogP contribution in [0.3, 0.4) is 0 Å². The van der Waals surface area contributed by atoms with Crippen LogP contribution in [0.15, 0.2) is 18.2 Å². The van der Waals surface area contributed by atoms with E-state index in [0.29, 0.717) is 18.7 Å². The molecule has 19 heavy (non-hydrogen) atoms. The number of hydrogen-bond acceptors (Lipinski definition) is 4. The van der Waals surface area contributed by atoms with Crippen LogP contribution in [0.4, 0.5) is 10.1 Å². The lowest BCUT2D eigenvalue weighted by atomic mass is 10.1. The number of nitrogens with two attached hydrogens (primary N) is 1. The summed E-state index contributed by atoms with van der Waals surface area (Å²) in [5, 5.41) is 10.9. The molecule has 7 heteroatoms. The molecule has 1 saturated heterocycles. The molecule has 1 aliphatic heterocycles. The highest BCUT2D eigenvalue weighted by Crippen LogP contribution is 2.22. The normalized spacial score (nSPS) is 19.8. The van der Waals surface area contributed by atoms with Crippen LogP contribution in [-0.2, 0) is 6.54 Å². The van der Waals surface area contributed by atoms with Crippen LogP contribution in [0.1, 0.15) is 18.4 Å². The van der Waals surface area contributed by atoms with E-state index >= 15 is 0 Å². The molecule has 1 aliphatic rings. The molecule has 5 nitrogen and oxygen atoms in total. The maximum absolute atomic E-state index is 13.2. The Morgan fingerprint density at radius 1 is 1.53 bits per heavy atom.